The number of unbranched alkanes of at least 4 members (excludes halogenated alkanes) is 2. The number of carbonyl (C=O) groups excluding carboxylic acids is 2. The average molecular weight is 312 g/mol. The third kappa shape index (κ3) is 6.64. The van der Waals surface area contributed by atoms with Crippen LogP contribution < -0.4 is 10.6 Å². The fourth-order valence-electron chi connectivity index (χ4n) is 2.79. The standard InChI is InChI=1S/C16H32N4O2/c1-4-5-6-10-17-16(22)18-11-8-13-20-12-7-9-14(20)15(21)19(2)3/h14H,4-13H2,1-3H3,(H2,17,18,22)/t14-/m1/s1. The summed E-state index contributed by atoms with van der Waals surface area (Å²) in [4.78, 5) is 27.6. The van der Waals surface area contributed by atoms with E-state index in [0.717, 1.165) is 58.2 Å². The van der Waals surface area contributed by atoms with Crippen molar-refractivity contribution < 1.29 is 9.59 Å². The summed E-state index contributed by atoms with van der Waals surface area (Å²) in [6.45, 7) is 5.38. The zero-order valence-electron chi connectivity index (χ0n) is 14.4. The lowest BCUT2D eigenvalue weighted by Crippen LogP contribution is -2.44. The molecule has 1 heterocycles. The minimum Gasteiger partial charge on any atom is -0.347 e. The van der Waals surface area contributed by atoms with Gasteiger partial charge in [-0.3, -0.25) is 9.69 Å². The quantitative estimate of drug-likeness (QED) is 0.633. The first-order chi connectivity index (χ1) is 10.6. The van der Waals surface area contributed by atoms with Crippen LogP contribution in [0.15, 0.2) is 0 Å². The number of likely N-dealkylation sites (tertiary alicyclic amines) is 1. The molecule has 0 unspecified atom stereocenters. The lowest BCUT2D eigenvalue weighted by atomic mass is 10.2. The molecule has 0 aromatic rings. The van der Waals surface area contributed by atoms with E-state index < -0.39 is 0 Å². The molecule has 128 valence electrons. The zero-order chi connectivity index (χ0) is 16.4. The Kier molecular flexibility index (Phi) is 8.89. The van der Waals surface area contributed by atoms with Crippen LogP contribution in [0.1, 0.15) is 45.4 Å². The molecule has 2 N–H and O–H groups in total. The van der Waals surface area contributed by atoms with Gasteiger partial charge in [-0.05, 0) is 32.2 Å². The molecule has 1 fully saturated rings. The molecule has 0 saturated carbocycles. The summed E-state index contributed by atoms with van der Waals surface area (Å²) in [7, 11) is 3.62. The fraction of sp³-hybridized carbons (Fsp3) is 0.875. The fourth-order valence-corrected chi connectivity index (χ4v) is 2.79. The molecule has 1 atom stereocenters. The van der Waals surface area contributed by atoms with Crippen LogP contribution >= 0.6 is 0 Å². The van der Waals surface area contributed by atoms with Gasteiger partial charge in [0.15, 0.2) is 0 Å². The van der Waals surface area contributed by atoms with E-state index in [2.05, 4.69) is 22.5 Å². The Bertz CT molecular complexity index is 347. The van der Waals surface area contributed by atoms with Gasteiger partial charge in [0.25, 0.3) is 0 Å². The number of amides is 3. The van der Waals surface area contributed by atoms with Crippen LogP contribution in [0.5, 0.6) is 0 Å². The largest absolute Gasteiger partial charge is 0.347 e. The molecule has 0 radical (unpaired) electrons. The second-order valence-electron chi connectivity index (χ2n) is 6.17. The second-order valence-corrected chi connectivity index (χ2v) is 6.17. The number of urea groups is 1. The molecule has 1 saturated heterocycles. The van der Waals surface area contributed by atoms with E-state index in [1.54, 1.807) is 4.90 Å². The van der Waals surface area contributed by atoms with Crippen molar-refractivity contribution in [2.24, 2.45) is 0 Å². The van der Waals surface area contributed by atoms with Crippen molar-refractivity contribution >= 4 is 11.9 Å². The second kappa shape index (κ2) is 10.4. The van der Waals surface area contributed by atoms with E-state index in [0.29, 0.717) is 6.54 Å². The Morgan fingerprint density at radius 2 is 1.82 bits per heavy atom. The number of rotatable bonds is 9. The lowest BCUT2D eigenvalue weighted by molar-refractivity contribution is -0.133. The van der Waals surface area contributed by atoms with E-state index >= 15 is 0 Å². The Hall–Kier alpha value is -1.30. The highest BCUT2D eigenvalue weighted by molar-refractivity contribution is 5.81. The van der Waals surface area contributed by atoms with Crippen LogP contribution in [0.25, 0.3) is 0 Å². The van der Waals surface area contributed by atoms with Gasteiger partial charge < -0.3 is 15.5 Å². The van der Waals surface area contributed by atoms with Gasteiger partial charge in [-0.2, -0.15) is 0 Å². The molecule has 22 heavy (non-hydrogen) atoms. The number of hydrogen-bond acceptors (Lipinski definition) is 3. The highest BCUT2D eigenvalue weighted by Gasteiger charge is 2.30. The summed E-state index contributed by atoms with van der Waals surface area (Å²) in [6.07, 6.45) is 6.24. The van der Waals surface area contributed by atoms with Gasteiger partial charge in [-0.25, -0.2) is 4.79 Å². The topological polar surface area (TPSA) is 64.7 Å². The third-order valence-electron chi connectivity index (χ3n) is 4.06. The van der Waals surface area contributed by atoms with E-state index in [-0.39, 0.29) is 18.0 Å². The lowest BCUT2D eigenvalue weighted by Gasteiger charge is -2.26. The highest BCUT2D eigenvalue weighted by Crippen LogP contribution is 2.18. The Labute approximate surface area is 134 Å². The summed E-state index contributed by atoms with van der Waals surface area (Å²) in [5, 5.41) is 5.74. The zero-order valence-corrected chi connectivity index (χ0v) is 14.4. The Morgan fingerprint density at radius 1 is 1.14 bits per heavy atom. The number of nitrogens with one attached hydrogen (secondary N) is 2. The van der Waals surface area contributed by atoms with Crippen molar-refractivity contribution in [2.45, 2.75) is 51.5 Å². The number of carbonyl (C=O) groups is 2. The summed E-state index contributed by atoms with van der Waals surface area (Å²) in [6, 6.07) is -0.0590. The van der Waals surface area contributed by atoms with Gasteiger partial charge in [0.05, 0.1) is 6.04 Å². The van der Waals surface area contributed by atoms with Crippen molar-refractivity contribution in [1.29, 1.82) is 0 Å². The van der Waals surface area contributed by atoms with Crippen LogP contribution in [-0.4, -0.2) is 68.1 Å². The first-order valence-electron chi connectivity index (χ1n) is 8.53. The maximum absolute atomic E-state index is 12.1. The van der Waals surface area contributed by atoms with Crippen LogP contribution in [0.3, 0.4) is 0 Å². The molecular weight excluding hydrogens is 280 g/mol. The van der Waals surface area contributed by atoms with Crippen molar-refractivity contribution in [3.05, 3.63) is 0 Å². The molecule has 0 bridgehead atoms. The molecule has 0 aromatic carbocycles. The SMILES string of the molecule is CCCCCNC(=O)NCCCN1CCC[C@@H]1C(=O)N(C)C. The van der Waals surface area contributed by atoms with Crippen molar-refractivity contribution in [1.82, 2.24) is 20.4 Å². The third-order valence-corrected chi connectivity index (χ3v) is 4.06. The van der Waals surface area contributed by atoms with Crippen LogP contribution in [0.4, 0.5) is 4.79 Å². The summed E-state index contributed by atoms with van der Waals surface area (Å²) in [5.41, 5.74) is 0. The molecule has 1 aliphatic rings. The van der Waals surface area contributed by atoms with Crippen LogP contribution in [-0.2, 0) is 4.79 Å². The predicted molar refractivity (Wildman–Crippen MR) is 88.8 cm³/mol. The molecule has 1 rings (SSSR count). The van der Waals surface area contributed by atoms with E-state index in [1.165, 1.54) is 0 Å². The molecule has 6 nitrogen and oxygen atoms in total. The monoisotopic (exact) mass is 312 g/mol. The Balaban J connectivity index is 2.13. The predicted octanol–water partition coefficient (Wildman–Crippen LogP) is 1.42. The molecule has 0 aliphatic carbocycles. The van der Waals surface area contributed by atoms with Gasteiger partial charge in [-0.15, -0.1) is 0 Å². The molecule has 3 amide bonds. The molecule has 0 aromatic heterocycles. The smallest absolute Gasteiger partial charge is 0.314 e. The first kappa shape index (κ1) is 18.7. The molecule has 1 aliphatic heterocycles. The molecular formula is C16H32N4O2. The van der Waals surface area contributed by atoms with Gasteiger partial charge in [0.2, 0.25) is 5.91 Å². The van der Waals surface area contributed by atoms with Crippen molar-refractivity contribution in [3.8, 4) is 0 Å². The number of likely N-dealkylation sites (N-methyl/N-ethyl adjacent to an activating group) is 1. The van der Waals surface area contributed by atoms with Crippen molar-refractivity contribution in [3.63, 3.8) is 0 Å². The number of nitrogens with zero attached hydrogens (tertiary/aromatic N) is 2. The van der Waals surface area contributed by atoms with Crippen molar-refractivity contribution in [2.75, 3.05) is 40.3 Å². The number of hydrogen-bond donors (Lipinski definition) is 2. The van der Waals surface area contributed by atoms with E-state index in [4.69, 9.17) is 0 Å². The van der Waals surface area contributed by atoms with E-state index in [1.807, 2.05) is 14.1 Å². The average Bonchev–Trinajstić information content (AvgIpc) is 2.95. The van der Waals surface area contributed by atoms with Gasteiger partial charge >= 0.3 is 6.03 Å². The maximum atomic E-state index is 12.1. The summed E-state index contributed by atoms with van der Waals surface area (Å²) < 4.78 is 0. The highest BCUT2D eigenvalue weighted by atomic mass is 16.2. The van der Waals surface area contributed by atoms with Gasteiger partial charge in [-0.1, -0.05) is 19.8 Å². The van der Waals surface area contributed by atoms with E-state index in [9.17, 15) is 9.59 Å². The van der Waals surface area contributed by atoms with Crippen LogP contribution in [0.2, 0.25) is 0 Å². The van der Waals surface area contributed by atoms with Gasteiger partial charge in [0, 0.05) is 33.7 Å². The maximum Gasteiger partial charge on any atom is 0.314 e. The van der Waals surface area contributed by atoms with Crippen LogP contribution in [0, 0.1) is 0 Å². The minimum absolute atomic E-state index is 0.0258. The van der Waals surface area contributed by atoms with Gasteiger partial charge in [0.1, 0.15) is 0 Å². The summed E-state index contributed by atoms with van der Waals surface area (Å²) in [5.74, 6) is 0.194. The molecule has 6 heteroatoms. The molecule has 0 spiro atoms. The normalized spacial score (nSPS) is 18.2. The summed E-state index contributed by atoms with van der Waals surface area (Å²) >= 11 is 0. The Morgan fingerprint density at radius 3 is 2.45 bits per heavy atom. The minimum atomic E-state index is -0.0848. The first-order valence-corrected chi connectivity index (χ1v) is 8.53.